The minimum absolute atomic E-state index is 0.0141. The molecule has 1 atom stereocenters. The summed E-state index contributed by atoms with van der Waals surface area (Å²) in [4.78, 5) is 25.3. The van der Waals surface area contributed by atoms with Crippen molar-refractivity contribution in [1.29, 1.82) is 0 Å². The first-order chi connectivity index (χ1) is 10.0. The van der Waals surface area contributed by atoms with Gasteiger partial charge < -0.3 is 19.5 Å². The lowest BCUT2D eigenvalue weighted by Gasteiger charge is -2.32. The van der Waals surface area contributed by atoms with E-state index in [2.05, 4.69) is 20.7 Å². The van der Waals surface area contributed by atoms with Crippen LogP contribution >= 0.6 is 15.9 Å². The number of morpholine rings is 1. The highest BCUT2D eigenvalue weighted by molar-refractivity contribution is 9.10. The summed E-state index contributed by atoms with van der Waals surface area (Å²) in [5.41, 5.74) is 0.398. The fourth-order valence-electron chi connectivity index (χ4n) is 2.12. The number of ether oxygens (including phenoxy) is 2. The lowest BCUT2D eigenvalue weighted by molar-refractivity contribution is -0.145. The number of esters is 1. The summed E-state index contributed by atoms with van der Waals surface area (Å²) in [5, 5.41) is 9.65. The molecule has 0 saturated carbocycles. The van der Waals surface area contributed by atoms with Crippen LogP contribution in [0.5, 0.6) is 5.75 Å². The molecule has 0 radical (unpaired) electrons. The Bertz CT molecular complexity index is 548. The highest BCUT2D eigenvalue weighted by Gasteiger charge is 2.27. The molecular weight excluding hydrogens is 342 g/mol. The zero-order valence-corrected chi connectivity index (χ0v) is 13.1. The van der Waals surface area contributed by atoms with Crippen LogP contribution in [-0.4, -0.2) is 54.8 Å². The number of halogens is 1. The van der Waals surface area contributed by atoms with Crippen molar-refractivity contribution in [3.63, 3.8) is 0 Å². The largest absolute Gasteiger partial charge is 0.507 e. The van der Waals surface area contributed by atoms with E-state index in [4.69, 9.17) is 4.74 Å². The van der Waals surface area contributed by atoms with Gasteiger partial charge in [0.15, 0.2) is 0 Å². The van der Waals surface area contributed by atoms with Crippen LogP contribution in [0.4, 0.5) is 0 Å². The number of hydrogen-bond acceptors (Lipinski definition) is 5. The Morgan fingerprint density at radius 1 is 1.52 bits per heavy atom. The van der Waals surface area contributed by atoms with Crippen molar-refractivity contribution < 1.29 is 24.2 Å². The third kappa shape index (κ3) is 3.95. The molecule has 1 saturated heterocycles. The maximum Gasteiger partial charge on any atom is 0.308 e. The normalized spacial score (nSPS) is 18.4. The second kappa shape index (κ2) is 6.91. The molecule has 1 fully saturated rings. The second-order valence-corrected chi connectivity index (χ2v) is 5.54. The molecule has 21 heavy (non-hydrogen) atoms. The Kier molecular flexibility index (Phi) is 5.19. The molecule has 1 amide bonds. The molecule has 6 nitrogen and oxygen atoms in total. The van der Waals surface area contributed by atoms with Crippen molar-refractivity contribution in [2.75, 3.05) is 26.8 Å². The molecule has 1 heterocycles. The molecule has 0 aliphatic carbocycles. The van der Waals surface area contributed by atoms with Gasteiger partial charge in [0.2, 0.25) is 0 Å². The van der Waals surface area contributed by atoms with Crippen LogP contribution in [0.3, 0.4) is 0 Å². The van der Waals surface area contributed by atoms with E-state index in [9.17, 15) is 14.7 Å². The summed E-state index contributed by atoms with van der Waals surface area (Å²) in [6.07, 6.45) is -0.245. The molecule has 1 aromatic carbocycles. The number of amides is 1. The van der Waals surface area contributed by atoms with Gasteiger partial charge in [0.1, 0.15) is 5.75 Å². The molecule has 1 unspecified atom stereocenters. The van der Waals surface area contributed by atoms with Crippen LogP contribution in [0, 0.1) is 0 Å². The smallest absolute Gasteiger partial charge is 0.308 e. The number of aromatic hydroxyl groups is 1. The van der Waals surface area contributed by atoms with Crippen LogP contribution in [0.15, 0.2) is 22.7 Å². The van der Waals surface area contributed by atoms with Crippen molar-refractivity contribution in [2.45, 2.75) is 12.5 Å². The average molecular weight is 358 g/mol. The number of benzene rings is 1. The van der Waals surface area contributed by atoms with Gasteiger partial charge in [-0.15, -0.1) is 0 Å². The Morgan fingerprint density at radius 3 is 2.95 bits per heavy atom. The number of methoxy groups -OCH3 is 1. The number of carbonyl (C=O) groups excluding carboxylic acids is 2. The van der Waals surface area contributed by atoms with E-state index < -0.39 is 0 Å². The average Bonchev–Trinajstić information content (AvgIpc) is 2.49. The van der Waals surface area contributed by atoms with Gasteiger partial charge in [0.05, 0.1) is 30.7 Å². The first-order valence-electron chi connectivity index (χ1n) is 6.47. The molecule has 1 aromatic rings. The number of hydrogen-bond donors (Lipinski definition) is 1. The molecule has 0 aromatic heterocycles. The van der Waals surface area contributed by atoms with E-state index in [1.165, 1.54) is 13.2 Å². The van der Waals surface area contributed by atoms with Crippen LogP contribution in [0.25, 0.3) is 0 Å². The van der Waals surface area contributed by atoms with E-state index in [1.807, 2.05) is 0 Å². The SMILES string of the molecule is COC(=O)CC1CN(C(=O)c2ccc(Br)c(O)c2)CCO1. The number of phenolic OH excluding ortho intramolecular Hbond substituents is 1. The molecule has 114 valence electrons. The summed E-state index contributed by atoms with van der Waals surface area (Å²) in [5.74, 6) is -0.549. The molecule has 7 heteroatoms. The Balaban J connectivity index is 2.04. The van der Waals surface area contributed by atoms with Gasteiger partial charge in [0, 0.05) is 18.7 Å². The van der Waals surface area contributed by atoms with Crippen molar-refractivity contribution in [1.82, 2.24) is 4.90 Å². The predicted molar refractivity (Wildman–Crippen MR) is 78.1 cm³/mol. The number of rotatable bonds is 3. The van der Waals surface area contributed by atoms with Gasteiger partial charge in [-0.1, -0.05) is 0 Å². The Morgan fingerprint density at radius 2 is 2.29 bits per heavy atom. The molecule has 1 aliphatic heterocycles. The zero-order valence-electron chi connectivity index (χ0n) is 11.5. The van der Waals surface area contributed by atoms with E-state index >= 15 is 0 Å². The first-order valence-corrected chi connectivity index (χ1v) is 7.26. The molecule has 2 rings (SSSR count). The van der Waals surface area contributed by atoms with Crippen molar-refractivity contribution in [3.8, 4) is 5.75 Å². The van der Waals surface area contributed by atoms with Gasteiger partial charge >= 0.3 is 5.97 Å². The van der Waals surface area contributed by atoms with E-state index in [1.54, 1.807) is 17.0 Å². The van der Waals surface area contributed by atoms with E-state index in [0.29, 0.717) is 29.7 Å². The van der Waals surface area contributed by atoms with Crippen LogP contribution in [0.1, 0.15) is 16.8 Å². The third-order valence-electron chi connectivity index (χ3n) is 3.24. The monoisotopic (exact) mass is 357 g/mol. The lowest BCUT2D eigenvalue weighted by atomic mass is 10.1. The van der Waals surface area contributed by atoms with Crippen LogP contribution in [0.2, 0.25) is 0 Å². The maximum absolute atomic E-state index is 12.4. The van der Waals surface area contributed by atoms with Crippen molar-refractivity contribution >= 4 is 27.8 Å². The standard InChI is InChI=1S/C14H16BrNO5/c1-20-13(18)7-10-8-16(4-5-21-10)14(19)9-2-3-11(15)12(17)6-9/h2-3,6,10,17H,4-5,7-8H2,1H3. The van der Waals surface area contributed by atoms with Crippen LogP contribution in [-0.2, 0) is 14.3 Å². The summed E-state index contributed by atoms with van der Waals surface area (Å²) in [7, 11) is 1.32. The number of phenols is 1. The number of carbonyl (C=O) groups is 2. The van der Waals surface area contributed by atoms with Gasteiger partial charge in [-0.3, -0.25) is 9.59 Å². The fraction of sp³-hybridized carbons (Fsp3) is 0.429. The highest BCUT2D eigenvalue weighted by atomic mass is 79.9. The quantitative estimate of drug-likeness (QED) is 0.830. The molecule has 1 aliphatic rings. The second-order valence-electron chi connectivity index (χ2n) is 4.69. The van der Waals surface area contributed by atoms with Crippen molar-refractivity contribution in [2.24, 2.45) is 0 Å². The molecule has 1 N–H and O–H groups in total. The molecule has 0 bridgehead atoms. The third-order valence-corrected chi connectivity index (χ3v) is 3.91. The van der Waals surface area contributed by atoms with Gasteiger partial charge in [-0.2, -0.15) is 0 Å². The Labute approximate surface area is 130 Å². The van der Waals surface area contributed by atoms with Crippen molar-refractivity contribution in [3.05, 3.63) is 28.2 Å². The minimum Gasteiger partial charge on any atom is -0.507 e. The first kappa shape index (κ1) is 15.8. The highest BCUT2D eigenvalue weighted by Crippen LogP contribution is 2.25. The lowest BCUT2D eigenvalue weighted by Crippen LogP contribution is -2.46. The predicted octanol–water partition coefficient (Wildman–Crippen LogP) is 1.56. The fourth-order valence-corrected chi connectivity index (χ4v) is 2.37. The summed E-state index contributed by atoms with van der Waals surface area (Å²) >= 11 is 3.17. The van der Waals surface area contributed by atoms with Crippen LogP contribution < -0.4 is 0 Å². The Hall–Kier alpha value is -1.60. The summed E-state index contributed by atoms with van der Waals surface area (Å²) < 4.78 is 10.6. The zero-order chi connectivity index (χ0) is 15.4. The minimum atomic E-state index is -0.365. The van der Waals surface area contributed by atoms with Gasteiger partial charge in [-0.25, -0.2) is 0 Å². The van der Waals surface area contributed by atoms with E-state index in [-0.39, 0.29) is 30.2 Å². The maximum atomic E-state index is 12.4. The molecule has 0 spiro atoms. The van der Waals surface area contributed by atoms with E-state index in [0.717, 1.165) is 0 Å². The summed E-state index contributed by atoms with van der Waals surface area (Å²) in [6, 6.07) is 4.67. The van der Waals surface area contributed by atoms with Gasteiger partial charge in [0.25, 0.3) is 5.91 Å². The number of nitrogens with zero attached hydrogens (tertiary/aromatic N) is 1. The molecular formula is C14H16BrNO5. The van der Waals surface area contributed by atoms with Gasteiger partial charge in [-0.05, 0) is 34.1 Å². The topological polar surface area (TPSA) is 76.1 Å². The summed E-state index contributed by atoms with van der Waals surface area (Å²) in [6.45, 7) is 1.15.